The molecular formula is C37H43N3O8. The minimum atomic E-state index is -1.42. The molecule has 4 aliphatic heterocycles. The van der Waals surface area contributed by atoms with Crippen LogP contribution in [-0.2, 0) is 28.7 Å². The normalized spacial score (nSPS) is 29.5. The molecule has 3 amide bonds. The Balaban J connectivity index is 1.39. The summed E-state index contributed by atoms with van der Waals surface area (Å²) in [5, 5.41) is 12.1. The van der Waals surface area contributed by atoms with Gasteiger partial charge in [0.25, 0.3) is 5.91 Å². The molecule has 1 spiro atoms. The van der Waals surface area contributed by atoms with Gasteiger partial charge in [0.1, 0.15) is 29.4 Å². The molecule has 4 heterocycles. The second-order valence-electron chi connectivity index (χ2n) is 12.7. The van der Waals surface area contributed by atoms with Gasteiger partial charge in [-0.15, -0.1) is 0 Å². The summed E-state index contributed by atoms with van der Waals surface area (Å²) in [5.74, 6) is -2.80. The number of esters is 1. The summed E-state index contributed by atoms with van der Waals surface area (Å²) in [5.41, 5.74) is -0.0629. The lowest BCUT2D eigenvalue weighted by Gasteiger charge is -2.35. The number of ether oxygens (including phenoxy) is 3. The maximum absolute atomic E-state index is 14.7. The molecule has 0 unspecified atom stereocenters. The van der Waals surface area contributed by atoms with Crippen LogP contribution in [0.1, 0.15) is 50.2 Å². The molecule has 2 aromatic carbocycles. The van der Waals surface area contributed by atoms with Crippen LogP contribution in [0.2, 0.25) is 0 Å². The lowest BCUT2D eigenvalue weighted by Crippen LogP contribution is -2.55. The quantitative estimate of drug-likeness (QED) is 0.238. The van der Waals surface area contributed by atoms with Gasteiger partial charge < -0.3 is 34.4 Å². The fourth-order valence-corrected chi connectivity index (χ4v) is 7.39. The van der Waals surface area contributed by atoms with Crippen LogP contribution in [0.5, 0.6) is 5.75 Å². The van der Waals surface area contributed by atoms with Crippen LogP contribution < -0.4 is 15.0 Å². The van der Waals surface area contributed by atoms with E-state index in [4.69, 9.17) is 14.2 Å². The van der Waals surface area contributed by atoms with Gasteiger partial charge in [-0.3, -0.25) is 19.2 Å². The highest BCUT2D eigenvalue weighted by molar-refractivity contribution is 6.05. The molecule has 0 bridgehead atoms. The SMILES string of the molecule is COc1ccc(N2CC=C[C@]34O[C@@H]5/C=C\CCC(=O)NC[C@@H](c6ccccc6)OC(=O)[C@@H]5[C@H]3C(=O)N(CCCCCCO)[C@@H]4C2=O)cc1. The van der Waals surface area contributed by atoms with E-state index in [1.54, 1.807) is 59.4 Å². The number of unbranched alkanes of at least 4 members (excludes halogenated alkanes) is 3. The van der Waals surface area contributed by atoms with E-state index < -0.39 is 41.7 Å². The lowest BCUT2D eigenvalue weighted by molar-refractivity contribution is -0.159. The summed E-state index contributed by atoms with van der Waals surface area (Å²) < 4.78 is 18.3. The number of aliphatic hydroxyl groups is 1. The monoisotopic (exact) mass is 657 g/mol. The highest BCUT2D eigenvalue weighted by Gasteiger charge is 2.71. The largest absolute Gasteiger partial charge is 0.497 e. The fourth-order valence-electron chi connectivity index (χ4n) is 7.39. The van der Waals surface area contributed by atoms with E-state index in [0.717, 1.165) is 12.8 Å². The van der Waals surface area contributed by atoms with Crippen molar-refractivity contribution < 1.29 is 38.5 Å². The Bertz CT molecular complexity index is 1540. The Kier molecular flexibility index (Phi) is 10.3. The van der Waals surface area contributed by atoms with Crippen molar-refractivity contribution in [1.29, 1.82) is 0 Å². The topological polar surface area (TPSA) is 135 Å². The third kappa shape index (κ3) is 6.49. The zero-order chi connectivity index (χ0) is 33.7. The molecule has 0 aliphatic carbocycles. The van der Waals surface area contributed by atoms with E-state index in [1.807, 2.05) is 36.4 Å². The van der Waals surface area contributed by atoms with Crippen molar-refractivity contribution in [3.05, 3.63) is 84.5 Å². The van der Waals surface area contributed by atoms with E-state index >= 15 is 0 Å². The van der Waals surface area contributed by atoms with Crippen LogP contribution in [0.15, 0.2) is 78.9 Å². The number of hydrogen-bond acceptors (Lipinski definition) is 8. The zero-order valence-corrected chi connectivity index (χ0v) is 27.2. The Morgan fingerprint density at radius 3 is 2.48 bits per heavy atom. The molecular weight excluding hydrogens is 614 g/mol. The summed E-state index contributed by atoms with van der Waals surface area (Å²) in [7, 11) is 1.58. The number of anilines is 1. The third-order valence-electron chi connectivity index (χ3n) is 9.74. The molecule has 6 rings (SSSR count). The molecule has 254 valence electrons. The number of benzene rings is 2. The first-order valence-corrected chi connectivity index (χ1v) is 16.8. The van der Waals surface area contributed by atoms with Gasteiger partial charge in [0.2, 0.25) is 11.8 Å². The highest BCUT2D eigenvalue weighted by Crippen LogP contribution is 2.53. The second kappa shape index (κ2) is 14.7. The molecule has 11 nitrogen and oxygen atoms in total. The maximum atomic E-state index is 14.7. The number of nitrogens with zero attached hydrogens (tertiary/aromatic N) is 2. The van der Waals surface area contributed by atoms with Gasteiger partial charge in [-0.25, -0.2) is 0 Å². The fraction of sp³-hybridized carbons (Fsp3) is 0.459. The number of carbonyl (C=O) groups excluding carboxylic acids is 4. The molecule has 2 N–H and O–H groups in total. The summed E-state index contributed by atoms with van der Waals surface area (Å²) in [6.07, 6.45) is 9.02. The minimum absolute atomic E-state index is 0.0814. The van der Waals surface area contributed by atoms with E-state index in [0.29, 0.717) is 42.8 Å². The molecule has 11 heteroatoms. The number of allylic oxidation sites excluding steroid dienone is 1. The van der Waals surface area contributed by atoms with Crippen LogP contribution in [0.25, 0.3) is 0 Å². The summed E-state index contributed by atoms with van der Waals surface area (Å²) in [6.45, 7) is 0.722. The zero-order valence-electron chi connectivity index (χ0n) is 27.2. The van der Waals surface area contributed by atoms with Crippen LogP contribution in [0, 0.1) is 11.8 Å². The number of methoxy groups -OCH3 is 1. The van der Waals surface area contributed by atoms with Crippen molar-refractivity contribution in [2.24, 2.45) is 11.8 Å². The van der Waals surface area contributed by atoms with E-state index in [-0.39, 0.29) is 43.8 Å². The standard InChI is InChI=1S/C37H43N3O8/c1-46-27-18-16-26(17-19-27)39-22-11-20-37-32(34(43)40(33(37)35(39)44)21-9-2-3-10-23-41)31-28(48-37)14-7-8-15-30(42)38-24-29(47-36(31)45)25-12-5-4-6-13-25/h4-7,11-14,16-20,28-29,31-33,41H,2-3,8-10,15,21-24H2,1H3,(H,38,42)/b14-7-/t28-,29+,31+,32+,33-,37+/m1/s1. The summed E-state index contributed by atoms with van der Waals surface area (Å²) in [4.78, 5) is 59.4. The molecule has 2 saturated heterocycles. The minimum Gasteiger partial charge on any atom is -0.497 e. The van der Waals surface area contributed by atoms with E-state index in [1.165, 1.54) is 0 Å². The number of amides is 3. The molecule has 0 radical (unpaired) electrons. The van der Waals surface area contributed by atoms with Gasteiger partial charge in [0.15, 0.2) is 0 Å². The Morgan fingerprint density at radius 1 is 0.958 bits per heavy atom. The van der Waals surface area contributed by atoms with E-state index in [2.05, 4.69) is 5.32 Å². The Labute approximate surface area is 280 Å². The number of carbonyl (C=O) groups is 4. The van der Waals surface area contributed by atoms with Crippen molar-refractivity contribution in [3.8, 4) is 5.75 Å². The van der Waals surface area contributed by atoms with Crippen molar-refractivity contribution in [2.75, 3.05) is 38.3 Å². The first kappa shape index (κ1) is 33.4. The Hall–Kier alpha value is -4.48. The molecule has 48 heavy (non-hydrogen) atoms. The van der Waals surface area contributed by atoms with Gasteiger partial charge in [0, 0.05) is 31.8 Å². The lowest BCUT2D eigenvalue weighted by atomic mass is 9.78. The van der Waals surface area contributed by atoms with Crippen LogP contribution in [-0.4, -0.2) is 84.8 Å². The highest BCUT2D eigenvalue weighted by atomic mass is 16.6. The molecule has 0 aromatic heterocycles. The van der Waals surface area contributed by atoms with Crippen molar-refractivity contribution in [1.82, 2.24) is 10.2 Å². The third-order valence-corrected chi connectivity index (χ3v) is 9.74. The predicted molar refractivity (Wildman–Crippen MR) is 177 cm³/mol. The molecule has 2 aromatic rings. The van der Waals surface area contributed by atoms with Gasteiger partial charge in [-0.05, 0) is 49.1 Å². The van der Waals surface area contributed by atoms with Crippen molar-refractivity contribution in [2.45, 2.75) is 62.4 Å². The number of likely N-dealkylation sites (tertiary alicyclic amines) is 1. The van der Waals surface area contributed by atoms with Crippen molar-refractivity contribution in [3.63, 3.8) is 0 Å². The summed E-state index contributed by atoms with van der Waals surface area (Å²) >= 11 is 0. The predicted octanol–water partition coefficient (Wildman–Crippen LogP) is 3.48. The average Bonchev–Trinajstić information content (AvgIpc) is 3.48. The number of rotatable bonds is 9. The average molecular weight is 658 g/mol. The van der Waals surface area contributed by atoms with Gasteiger partial charge >= 0.3 is 5.97 Å². The smallest absolute Gasteiger partial charge is 0.313 e. The summed E-state index contributed by atoms with van der Waals surface area (Å²) in [6, 6.07) is 15.3. The first-order valence-electron chi connectivity index (χ1n) is 16.8. The van der Waals surface area contributed by atoms with Crippen LogP contribution in [0.4, 0.5) is 5.69 Å². The van der Waals surface area contributed by atoms with Crippen molar-refractivity contribution >= 4 is 29.4 Å². The first-order chi connectivity index (χ1) is 23.4. The Morgan fingerprint density at radius 2 is 1.73 bits per heavy atom. The maximum Gasteiger partial charge on any atom is 0.313 e. The van der Waals surface area contributed by atoms with Gasteiger partial charge in [0.05, 0.1) is 25.7 Å². The molecule has 2 fully saturated rings. The number of cyclic esters (lactones) is 1. The number of fused-ring (bicyclic) bond motifs is 2. The van der Waals surface area contributed by atoms with E-state index in [9.17, 15) is 24.3 Å². The second-order valence-corrected chi connectivity index (χ2v) is 12.7. The number of hydrogen-bond donors (Lipinski definition) is 2. The number of nitrogens with one attached hydrogen (secondary N) is 1. The van der Waals surface area contributed by atoms with Crippen LogP contribution >= 0.6 is 0 Å². The molecule has 0 saturated carbocycles. The number of aliphatic hydroxyl groups excluding tert-OH is 1. The van der Waals surface area contributed by atoms with Crippen LogP contribution in [0.3, 0.4) is 0 Å². The molecule has 4 aliphatic rings. The molecule has 6 atom stereocenters. The van der Waals surface area contributed by atoms with Gasteiger partial charge in [-0.1, -0.05) is 67.5 Å². The van der Waals surface area contributed by atoms with Gasteiger partial charge in [-0.2, -0.15) is 0 Å².